The summed E-state index contributed by atoms with van der Waals surface area (Å²) >= 11 is 0. The van der Waals surface area contributed by atoms with Crippen molar-refractivity contribution in [3.8, 4) is 11.1 Å². The van der Waals surface area contributed by atoms with Crippen LogP contribution in [0, 0.1) is 6.92 Å². The fourth-order valence-electron chi connectivity index (χ4n) is 5.20. The van der Waals surface area contributed by atoms with E-state index in [4.69, 9.17) is 15.5 Å². The van der Waals surface area contributed by atoms with Crippen LogP contribution in [0.2, 0.25) is 0 Å². The zero-order valence-corrected chi connectivity index (χ0v) is 18.5. The minimum atomic E-state index is -0.0798. The van der Waals surface area contributed by atoms with E-state index in [9.17, 15) is 0 Å². The lowest BCUT2D eigenvalue weighted by atomic mass is 9.75. The number of anilines is 1. The zero-order chi connectivity index (χ0) is 21.9. The van der Waals surface area contributed by atoms with Gasteiger partial charge < -0.3 is 20.4 Å². The molecule has 9 heteroatoms. The molecule has 4 aromatic rings. The quantitative estimate of drug-likeness (QED) is 0.510. The summed E-state index contributed by atoms with van der Waals surface area (Å²) in [4.78, 5) is 13.9. The van der Waals surface area contributed by atoms with Crippen LogP contribution in [0.1, 0.15) is 44.5 Å². The Labute approximate surface area is 186 Å². The topological polar surface area (TPSA) is 108 Å². The third-order valence-electron chi connectivity index (χ3n) is 6.77. The predicted octanol–water partition coefficient (Wildman–Crippen LogP) is 3.09. The molecule has 2 fully saturated rings. The molecule has 2 aliphatic rings. The van der Waals surface area contributed by atoms with Crippen molar-refractivity contribution >= 4 is 22.6 Å². The first-order valence-electron chi connectivity index (χ1n) is 11.3. The second-order valence-corrected chi connectivity index (χ2v) is 9.48. The molecule has 0 unspecified atom stereocenters. The summed E-state index contributed by atoms with van der Waals surface area (Å²) < 4.78 is 9.76. The third-order valence-corrected chi connectivity index (χ3v) is 6.77. The van der Waals surface area contributed by atoms with E-state index in [-0.39, 0.29) is 5.54 Å². The van der Waals surface area contributed by atoms with Gasteiger partial charge in [0.05, 0.1) is 17.2 Å². The van der Waals surface area contributed by atoms with Crippen LogP contribution in [0.5, 0.6) is 0 Å². The van der Waals surface area contributed by atoms with Gasteiger partial charge in [-0.25, -0.2) is 19.5 Å². The maximum Gasteiger partial charge on any atom is 0.241 e. The average Bonchev–Trinajstić information content (AvgIpc) is 3.32. The highest BCUT2D eigenvalue weighted by Gasteiger charge is 2.37. The molecule has 32 heavy (non-hydrogen) atoms. The van der Waals surface area contributed by atoms with Gasteiger partial charge in [-0.2, -0.15) is 0 Å². The van der Waals surface area contributed by atoms with Crippen molar-refractivity contribution in [3.05, 3.63) is 36.5 Å². The van der Waals surface area contributed by atoms with E-state index in [0.717, 1.165) is 72.5 Å². The molecule has 4 aromatic heterocycles. The smallest absolute Gasteiger partial charge is 0.241 e. The van der Waals surface area contributed by atoms with E-state index in [0.29, 0.717) is 18.0 Å². The molecule has 1 saturated heterocycles. The highest BCUT2D eigenvalue weighted by molar-refractivity contribution is 5.85. The van der Waals surface area contributed by atoms with Crippen molar-refractivity contribution in [1.29, 1.82) is 0 Å². The number of pyridine rings is 1. The highest BCUT2D eigenvalue weighted by atomic mass is 16.5. The number of nitrogens with two attached hydrogens (primary N) is 1. The largest absolute Gasteiger partial charge is 0.381 e. The second kappa shape index (κ2) is 7.25. The molecule has 1 saturated carbocycles. The standard InChI is InChI=1S/C23H28N8O/c1-14-27-21-19(31(14)17-4-7-32-8-5-17)9-15(12-25-21)18-3-6-30-20(18)13-26-22(29-30)28-16-10-23(2,24)11-16/h3,6,9,12-13,16-17H,4-5,7-8,10-11,24H2,1-2H3,(H,28,29). The highest BCUT2D eigenvalue weighted by Crippen LogP contribution is 2.33. The number of aromatic nitrogens is 6. The molecule has 0 amide bonds. The van der Waals surface area contributed by atoms with Crippen LogP contribution in [-0.4, -0.2) is 53.9 Å². The van der Waals surface area contributed by atoms with Gasteiger partial charge in [-0.3, -0.25) is 0 Å². The lowest BCUT2D eigenvalue weighted by Gasteiger charge is -2.42. The van der Waals surface area contributed by atoms with Gasteiger partial charge in [-0.1, -0.05) is 0 Å². The van der Waals surface area contributed by atoms with Crippen LogP contribution in [0.25, 0.3) is 27.8 Å². The number of rotatable bonds is 4. The van der Waals surface area contributed by atoms with Gasteiger partial charge in [0.25, 0.3) is 0 Å². The van der Waals surface area contributed by atoms with Crippen molar-refractivity contribution in [2.75, 3.05) is 18.5 Å². The number of fused-ring (bicyclic) bond motifs is 2. The van der Waals surface area contributed by atoms with Crippen molar-refractivity contribution in [1.82, 2.24) is 29.1 Å². The molecule has 0 radical (unpaired) electrons. The Morgan fingerprint density at radius 2 is 1.97 bits per heavy atom. The maximum atomic E-state index is 6.12. The molecule has 5 heterocycles. The Hall–Kier alpha value is -3.04. The van der Waals surface area contributed by atoms with Crippen LogP contribution in [0.3, 0.4) is 0 Å². The van der Waals surface area contributed by atoms with Crippen LogP contribution < -0.4 is 11.1 Å². The normalized spacial score (nSPS) is 24.2. The molecular formula is C23H28N8O. The zero-order valence-electron chi connectivity index (χ0n) is 18.5. The van der Waals surface area contributed by atoms with E-state index in [1.807, 2.05) is 23.1 Å². The van der Waals surface area contributed by atoms with Crippen LogP contribution in [0.4, 0.5) is 5.95 Å². The fourth-order valence-corrected chi connectivity index (χ4v) is 5.20. The monoisotopic (exact) mass is 432 g/mol. The first-order chi connectivity index (χ1) is 15.5. The third kappa shape index (κ3) is 3.32. The van der Waals surface area contributed by atoms with Gasteiger partial charge >= 0.3 is 0 Å². The minimum absolute atomic E-state index is 0.0798. The lowest BCUT2D eigenvalue weighted by Crippen LogP contribution is -2.54. The summed E-state index contributed by atoms with van der Waals surface area (Å²) in [7, 11) is 0. The van der Waals surface area contributed by atoms with Gasteiger partial charge in [0, 0.05) is 54.4 Å². The number of aryl methyl sites for hydroxylation is 1. The number of ether oxygens (including phenoxy) is 1. The molecular weight excluding hydrogens is 404 g/mol. The summed E-state index contributed by atoms with van der Waals surface area (Å²) in [6.07, 6.45) is 9.58. The number of hydrogen-bond donors (Lipinski definition) is 2. The maximum absolute atomic E-state index is 6.12. The Morgan fingerprint density at radius 1 is 1.16 bits per heavy atom. The molecule has 0 spiro atoms. The molecule has 0 bridgehead atoms. The number of hydrogen-bond acceptors (Lipinski definition) is 7. The molecule has 0 aromatic carbocycles. The Morgan fingerprint density at radius 3 is 2.75 bits per heavy atom. The van der Waals surface area contributed by atoms with Crippen LogP contribution in [-0.2, 0) is 4.74 Å². The van der Waals surface area contributed by atoms with Crippen molar-refractivity contribution in [2.24, 2.45) is 5.73 Å². The van der Waals surface area contributed by atoms with Gasteiger partial charge in [-0.05, 0) is 51.7 Å². The summed E-state index contributed by atoms with van der Waals surface area (Å²) in [6.45, 7) is 5.72. The van der Waals surface area contributed by atoms with Gasteiger partial charge in [-0.15, -0.1) is 5.10 Å². The first-order valence-corrected chi connectivity index (χ1v) is 11.3. The van der Waals surface area contributed by atoms with Gasteiger partial charge in [0.1, 0.15) is 5.82 Å². The van der Waals surface area contributed by atoms with Crippen molar-refractivity contribution < 1.29 is 4.74 Å². The molecule has 1 aliphatic carbocycles. The Kier molecular flexibility index (Phi) is 4.44. The molecule has 166 valence electrons. The summed E-state index contributed by atoms with van der Waals surface area (Å²) in [5.41, 5.74) is 10.9. The van der Waals surface area contributed by atoms with Crippen LogP contribution in [0.15, 0.2) is 30.7 Å². The molecule has 9 nitrogen and oxygen atoms in total. The SMILES string of the molecule is Cc1nc2ncc(-c3ccn4nc(NC5CC(C)(N)C5)ncc34)cc2n1C1CCOCC1. The molecule has 6 rings (SSSR count). The molecule has 3 N–H and O–H groups in total. The lowest BCUT2D eigenvalue weighted by molar-refractivity contribution is 0.0701. The predicted molar refractivity (Wildman–Crippen MR) is 123 cm³/mol. The fraction of sp³-hybridized carbons (Fsp3) is 0.478. The Balaban J connectivity index is 1.33. The van der Waals surface area contributed by atoms with Gasteiger partial charge in [0.2, 0.25) is 5.95 Å². The first kappa shape index (κ1) is 19.6. The number of imidazole rings is 1. The summed E-state index contributed by atoms with van der Waals surface area (Å²) in [5.74, 6) is 1.63. The van der Waals surface area contributed by atoms with Gasteiger partial charge in [0.15, 0.2) is 5.65 Å². The summed E-state index contributed by atoms with van der Waals surface area (Å²) in [6, 6.07) is 4.99. The van der Waals surface area contributed by atoms with E-state index < -0.39 is 0 Å². The van der Waals surface area contributed by atoms with Crippen molar-refractivity contribution in [3.63, 3.8) is 0 Å². The van der Waals surface area contributed by atoms with E-state index >= 15 is 0 Å². The Bertz CT molecular complexity index is 1290. The molecule has 1 aliphatic heterocycles. The van der Waals surface area contributed by atoms with E-state index in [1.165, 1.54) is 0 Å². The van der Waals surface area contributed by atoms with E-state index in [1.54, 1.807) is 0 Å². The van der Waals surface area contributed by atoms with E-state index in [2.05, 4.69) is 50.9 Å². The molecule has 0 atom stereocenters. The summed E-state index contributed by atoms with van der Waals surface area (Å²) in [5, 5.41) is 8.04. The van der Waals surface area contributed by atoms with Crippen LogP contribution >= 0.6 is 0 Å². The minimum Gasteiger partial charge on any atom is -0.381 e. The number of nitrogens with zero attached hydrogens (tertiary/aromatic N) is 6. The second-order valence-electron chi connectivity index (χ2n) is 9.48. The van der Waals surface area contributed by atoms with Crippen molar-refractivity contribution in [2.45, 2.75) is 57.2 Å². The number of nitrogens with one attached hydrogen (secondary N) is 1. The average molecular weight is 433 g/mol.